The number of nitriles is 1. The van der Waals surface area contributed by atoms with Crippen LogP contribution in [0.15, 0.2) is 29.2 Å². The van der Waals surface area contributed by atoms with E-state index in [9.17, 15) is 9.18 Å². The summed E-state index contributed by atoms with van der Waals surface area (Å²) in [7, 11) is 0. The molecule has 2 rings (SSSR count). The molecule has 3 nitrogen and oxygen atoms in total. The molecule has 100 valence electrons. The van der Waals surface area contributed by atoms with Gasteiger partial charge in [0.2, 0.25) is 5.91 Å². The number of halogens is 1. The van der Waals surface area contributed by atoms with Crippen LogP contribution in [0, 0.1) is 17.1 Å². The first-order valence-electron chi connectivity index (χ1n) is 6.25. The second-order valence-corrected chi connectivity index (χ2v) is 5.76. The Morgan fingerprint density at radius 2 is 2.21 bits per heavy atom. The number of hydrogen-bond donors (Lipinski definition) is 1. The summed E-state index contributed by atoms with van der Waals surface area (Å²) in [5, 5.41) is 11.8. The zero-order valence-corrected chi connectivity index (χ0v) is 11.3. The summed E-state index contributed by atoms with van der Waals surface area (Å²) < 4.78 is 13.3. The molecular weight excluding hydrogens is 263 g/mol. The van der Waals surface area contributed by atoms with Crippen molar-refractivity contribution in [2.24, 2.45) is 0 Å². The summed E-state index contributed by atoms with van der Waals surface area (Å²) in [6, 6.07) is 8.67. The molecule has 1 aliphatic carbocycles. The van der Waals surface area contributed by atoms with Gasteiger partial charge < -0.3 is 5.32 Å². The number of thioether (sulfide) groups is 1. The van der Waals surface area contributed by atoms with Crippen molar-refractivity contribution in [2.75, 3.05) is 5.75 Å². The molecule has 19 heavy (non-hydrogen) atoms. The Morgan fingerprint density at radius 1 is 1.47 bits per heavy atom. The van der Waals surface area contributed by atoms with Crippen molar-refractivity contribution in [1.82, 2.24) is 5.32 Å². The van der Waals surface area contributed by atoms with Crippen molar-refractivity contribution in [3.8, 4) is 6.07 Å². The summed E-state index contributed by atoms with van der Waals surface area (Å²) in [4.78, 5) is 12.3. The lowest BCUT2D eigenvalue weighted by atomic mass is 9.78. The van der Waals surface area contributed by atoms with E-state index >= 15 is 0 Å². The number of hydrogen-bond acceptors (Lipinski definition) is 3. The van der Waals surface area contributed by atoms with Crippen LogP contribution in [-0.2, 0) is 4.79 Å². The highest BCUT2D eigenvalue weighted by atomic mass is 32.2. The number of nitrogens with one attached hydrogen (secondary N) is 1. The summed E-state index contributed by atoms with van der Waals surface area (Å²) in [5.74, 6) is 0.111. The first-order chi connectivity index (χ1) is 9.15. The Balaban J connectivity index is 1.76. The lowest BCUT2D eigenvalue weighted by molar-refractivity contribution is -0.122. The van der Waals surface area contributed by atoms with Crippen molar-refractivity contribution >= 4 is 17.7 Å². The van der Waals surface area contributed by atoms with Gasteiger partial charge in [-0.3, -0.25) is 4.79 Å². The van der Waals surface area contributed by atoms with E-state index in [0.29, 0.717) is 17.1 Å². The molecule has 1 saturated carbocycles. The predicted octanol–water partition coefficient (Wildman–Crippen LogP) is 2.87. The summed E-state index contributed by atoms with van der Waals surface area (Å²) in [5.41, 5.74) is -0.639. The predicted molar refractivity (Wildman–Crippen MR) is 72.1 cm³/mol. The van der Waals surface area contributed by atoms with Gasteiger partial charge in [0, 0.05) is 17.1 Å². The number of carbonyl (C=O) groups excluding carboxylic acids is 1. The summed E-state index contributed by atoms with van der Waals surface area (Å²) in [6.45, 7) is 0. The first-order valence-corrected chi connectivity index (χ1v) is 7.23. The van der Waals surface area contributed by atoms with Crippen LogP contribution in [0.3, 0.4) is 0 Å². The lowest BCUT2D eigenvalue weighted by Gasteiger charge is -2.35. The fraction of sp³-hybridized carbons (Fsp3) is 0.429. The Labute approximate surface area is 116 Å². The van der Waals surface area contributed by atoms with Gasteiger partial charge >= 0.3 is 0 Å². The van der Waals surface area contributed by atoms with E-state index in [0.717, 1.165) is 19.3 Å². The van der Waals surface area contributed by atoms with Crippen molar-refractivity contribution < 1.29 is 9.18 Å². The van der Waals surface area contributed by atoms with Crippen molar-refractivity contribution in [1.29, 1.82) is 5.26 Å². The Hall–Kier alpha value is -1.54. The van der Waals surface area contributed by atoms with Crippen molar-refractivity contribution in [3.05, 3.63) is 30.1 Å². The SMILES string of the molecule is N#CC1(NC(=O)CCSc2ccccc2F)CCC1. The van der Waals surface area contributed by atoms with Gasteiger partial charge in [-0.1, -0.05) is 12.1 Å². The third-order valence-electron chi connectivity index (χ3n) is 3.22. The van der Waals surface area contributed by atoms with Crippen LogP contribution < -0.4 is 5.32 Å². The maximum absolute atomic E-state index is 13.3. The van der Waals surface area contributed by atoms with Gasteiger partial charge in [-0.15, -0.1) is 11.8 Å². The van der Waals surface area contributed by atoms with Crippen LogP contribution >= 0.6 is 11.8 Å². The average molecular weight is 278 g/mol. The van der Waals surface area contributed by atoms with E-state index in [-0.39, 0.29) is 11.7 Å². The second-order valence-electron chi connectivity index (χ2n) is 4.62. The van der Waals surface area contributed by atoms with Crippen molar-refractivity contribution in [2.45, 2.75) is 36.1 Å². The van der Waals surface area contributed by atoms with Crippen LogP contribution in [-0.4, -0.2) is 17.2 Å². The first kappa shape index (κ1) is 13.9. The monoisotopic (exact) mass is 278 g/mol. The van der Waals surface area contributed by atoms with Gasteiger partial charge in [0.15, 0.2) is 0 Å². The molecule has 1 amide bonds. The van der Waals surface area contributed by atoms with Crippen LogP contribution in [0.25, 0.3) is 0 Å². The summed E-state index contributed by atoms with van der Waals surface area (Å²) >= 11 is 1.32. The molecule has 1 aliphatic rings. The number of carbonyl (C=O) groups is 1. The molecule has 1 fully saturated rings. The topological polar surface area (TPSA) is 52.9 Å². The van der Waals surface area contributed by atoms with E-state index in [1.807, 2.05) is 0 Å². The summed E-state index contributed by atoms with van der Waals surface area (Å²) in [6.07, 6.45) is 2.74. The van der Waals surface area contributed by atoms with Gasteiger partial charge in [-0.2, -0.15) is 5.26 Å². The molecule has 0 aliphatic heterocycles. The fourth-order valence-corrected chi connectivity index (χ4v) is 2.83. The second kappa shape index (κ2) is 6.07. The number of rotatable bonds is 5. The molecule has 0 atom stereocenters. The van der Waals surface area contributed by atoms with E-state index in [1.165, 1.54) is 17.8 Å². The maximum atomic E-state index is 13.3. The van der Waals surface area contributed by atoms with E-state index in [4.69, 9.17) is 5.26 Å². The molecule has 5 heteroatoms. The van der Waals surface area contributed by atoms with E-state index in [1.54, 1.807) is 18.2 Å². The number of nitrogens with zero attached hydrogens (tertiary/aromatic N) is 1. The molecule has 1 aromatic rings. The highest BCUT2D eigenvalue weighted by Crippen LogP contribution is 2.31. The standard InChI is InChI=1S/C14H15FN2OS/c15-11-4-1-2-5-12(11)19-9-6-13(18)17-14(10-16)7-3-8-14/h1-2,4-5H,3,6-9H2,(H,17,18). The van der Waals surface area contributed by atoms with Crippen LogP contribution in [0.1, 0.15) is 25.7 Å². The van der Waals surface area contributed by atoms with E-state index < -0.39 is 5.54 Å². The molecule has 0 unspecified atom stereocenters. The quantitative estimate of drug-likeness (QED) is 0.843. The highest BCUT2D eigenvalue weighted by molar-refractivity contribution is 7.99. The smallest absolute Gasteiger partial charge is 0.222 e. The zero-order chi connectivity index (χ0) is 13.7. The third kappa shape index (κ3) is 3.48. The highest BCUT2D eigenvalue weighted by Gasteiger charge is 2.38. The minimum atomic E-state index is -0.639. The average Bonchev–Trinajstić information content (AvgIpc) is 2.36. The maximum Gasteiger partial charge on any atom is 0.222 e. The number of benzene rings is 1. The molecule has 0 saturated heterocycles. The van der Waals surface area contributed by atoms with Gasteiger partial charge in [0.25, 0.3) is 0 Å². The third-order valence-corrected chi connectivity index (χ3v) is 4.27. The molecule has 0 aromatic heterocycles. The Morgan fingerprint density at radius 3 is 2.79 bits per heavy atom. The lowest BCUT2D eigenvalue weighted by Crippen LogP contribution is -2.52. The molecule has 0 radical (unpaired) electrons. The molecule has 0 heterocycles. The van der Waals surface area contributed by atoms with Gasteiger partial charge in [-0.25, -0.2) is 4.39 Å². The Bertz CT molecular complexity index is 508. The van der Waals surface area contributed by atoms with Gasteiger partial charge in [-0.05, 0) is 31.4 Å². The normalized spacial score (nSPS) is 16.2. The zero-order valence-electron chi connectivity index (χ0n) is 10.5. The minimum Gasteiger partial charge on any atom is -0.338 e. The van der Waals surface area contributed by atoms with Crippen LogP contribution in [0.5, 0.6) is 0 Å². The molecule has 1 aromatic carbocycles. The van der Waals surface area contributed by atoms with Crippen LogP contribution in [0.2, 0.25) is 0 Å². The molecule has 1 N–H and O–H groups in total. The largest absolute Gasteiger partial charge is 0.338 e. The van der Waals surface area contributed by atoms with Crippen molar-refractivity contribution in [3.63, 3.8) is 0 Å². The minimum absolute atomic E-state index is 0.134. The van der Waals surface area contributed by atoms with Crippen LogP contribution in [0.4, 0.5) is 4.39 Å². The Kier molecular flexibility index (Phi) is 4.43. The fourth-order valence-electron chi connectivity index (χ4n) is 1.94. The van der Waals surface area contributed by atoms with Gasteiger partial charge in [0.1, 0.15) is 11.4 Å². The molecular formula is C14H15FN2OS. The number of amides is 1. The molecule has 0 spiro atoms. The molecule has 0 bridgehead atoms. The van der Waals surface area contributed by atoms with E-state index in [2.05, 4.69) is 11.4 Å². The van der Waals surface area contributed by atoms with Gasteiger partial charge in [0.05, 0.1) is 6.07 Å².